The van der Waals surface area contributed by atoms with E-state index in [0.29, 0.717) is 5.92 Å². The Morgan fingerprint density at radius 3 is 2.65 bits per heavy atom. The summed E-state index contributed by atoms with van der Waals surface area (Å²) in [5, 5.41) is 9.42. The van der Waals surface area contributed by atoms with E-state index in [0.717, 1.165) is 12.8 Å². The van der Waals surface area contributed by atoms with Gasteiger partial charge in [0, 0.05) is 0 Å². The Hall–Kier alpha value is -1.31. The van der Waals surface area contributed by atoms with Crippen LogP contribution in [0.2, 0.25) is 0 Å². The van der Waals surface area contributed by atoms with E-state index < -0.39 is 11.4 Å². The van der Waals surface area contributed by atoms with Gasteiger partial charge in [-0.2, -0.15) is 0 Å². The van der Waals surface area contributed by atoms with E-state index in [1.807, 2.05) is 32.9 Å². The summed E-state index contributed by atoms with van der Waals surface area (Å²) in [6, 6.07) is 8.36. The molecule has 2 rings (SSSR count). The number of carboxylic acids is 1. The maximum absolute atomic E-state index is 11.5. The minimum absolute atomic E-state index is 0.160. The van der Waals surface area contributed by atoms with Crippen molar-refractivity contribution in [3.63, 3.8) is 0 Å². The van der Waals surface area contributed by atoms with Gasteiger partial charge in [0.05, 0.1) is 5.41 Å². The SMILES string of the molecule is CC(C)C(C)(CC1Cc2ccccc21)C(=O)O. The van der Waals surface area contributed by atoms with Gasteiger partial charge in [-0.15, -0.1) is 0 Å². The van der Waals surface area contributed by atoms with E-state index in [1.54, 1.807) is 0 Å². The van der Waals surface area contributed by atoms with Crippen LogP contribution in [0, 0.1) is 11.3 Å². The first kappa shape index (κ1) is 12.2. The summed E-state index contributed by atoms with van der Waals surface area (Å²) in [5.74, 6) is -0.0839. The van der Waals surface area contributed by atoms with Gasteiger partial charge in [0.2, 0.25) is 0 Å². The van der Waals surface area contributed by atoms with Gasteiger partial charge in [0.15, 0.2) is 0 Å². The molecular formula is C15H20O2. The number of carboxylic acid groups (broad SMARTS) is 1. The molecule has 17 heavy (non-hydrogen) atoms. The molecule has 2 atom stereocenters. The molecule has 1 aromatic rings. The van der Waals surface area contributed by atoms with Crippen molar-refractivity contribution in [2.75, 3.05) is 0 Å². The van der Waals surface area contributed by atoms with E-state index >= 15 is 0 Å². The molecule has 0 radical (unpaired) electrons. The number of aliphatic carboxylic acids is 1. The van der Waals surface area contributed by atoms with E-state index in [2.05, 4.69) is 12.1 Å². The maximum Gasteiger partial charge on any atom is 0.309 e. The Kier molecular flexibility index (Phi) is 2.98. The summed E-state index contributed by atoms with van der Waals surface area (Å²) in [6.07, 6.45) is 1.78. The number of rotatable bonds is 4. The normalized spacial score (nSPS) is 21.5. The smallest absolute Gasteiger partial charge is 0.309 e. The molecule has 0 spiro atoms. The molecule has 2 unspecified atom stereocenters. The molecular weight excluding hydrogens is 212 g/mol. The van der Waals surface area contributed by atoms with E-state index in [1.165, 1.54) is 11.1 Å². The van der Waals surface area contributed by atoms with Crippen LogP contribution in [-0.2, 0) is 11.2 Å². The first-order chi connectivity index (χ1) is 7.95. The largest absolute Gasteiger partial charge is 0.481 e. The van der Waals surface area contributed by atoms with Gasteiger partial charge >= 0.3 is 5.97 Å². The third-order valence-corrected chi connectivity index (χ3v) is 4.39. The van der Waals surface area contributed by atoms with Gasteiger partial charge in [-0.1, -0.05) is 38.1 Å². The highest BCUT2D eigenvalue weighted by Crippen LogP contribution is 2.45. The molecule has 0 saturated heterocycles. The summed E-state index contributed by atoms with van der Waals surface area (Å²) in [4.78, 5) is 11.5. The van der Waals surface area contributed by atoms with Crippen molar-refractivity contribution in [1.29, 1.82) is 0 Å². The molecule has 1 aliphatic carbocycles. The van der Waals surface area contributed by atoms with Crippen molar-refractivity contribution in [3.8, 4) is 0 Å². The Morgan fingerprint density at radius 2 is 2.12 bits per heavy atom. The zero-order valence-corrected chi connectivity index (χ0v) is 10.7. The Labute approximate surface area is 103 Å². The van der Waals surface area contributed by atoms with Crippen molar-refractivity contribution in [3.05, 3.63) is 35.4 Å². The van der Waals surface area contributed by atoms with E-state index in [9.17, 15) is 9.90 Å². The zero-order valence-electron chi connectivity index (χ0n) is 10.7. The summed E-state index contributed by atoms with van der Waals surface area (Å²) < 4.78 is 0. The average molecular weight is 232 g/mol. The van der Waals surface area contributed by atoms with Crippen LogP contribution in [0.3, 0.4) is 0 Å². The summed E-state index contributed by atoms with van der Waals surface area (Å²) in [5.41, 5.74) is 2.12. The van der Waals surface area contributed by atoms with E-state index in [-0.39, 0.29) is 5.92 Å². The second-order valence-corrected chi connectivity index (χ2v) is 5.68. The molecule has 92 valence electrons. The van der Waals surface area contributed by atoms with Gasteiger partial charge in [0.25, 0.3) is 0 Å². The second kappa shape index (κ2) is 4.17. The molecule has 1 N–H and O–H groups in total. The zero-order chi connectivity index (χ0) is 12.6. The first-order valence-electron chi connectivity index (χ1n) is 6.26. The number of benzene rings is 1. The molecule has 2 nitrogen and oxygen atoms in total. The minimum Gasteiger partial charge on any atom is -0.481 e. The first-order valence-corrected chi connectivity index (χ1v) is 6.26. The van der Waals surface area contributed by atoms with Crippen molar-refractivity contribution >= 4 is 5.97 Å². The van der Waals surface area contributed by atoms with E-state index in [4.69, 9.17) is 0 Å². The predicted octanol–water partition coefficient (Wildman–Crippen LogP) is 3.46. The fourth-order valence-corrected chi connectivity index (χ4v) is 2.63. The molecule has 1 aromatic carbocycles. The highest BCUT2D eigenvalue weighted by molar-refractivity contribution is 5.74. The van der Waals surface area contributed by atoms with Crippen molar-refractivity contribution in [2.24, 2.45) is 11.3 Å². The molecule has 1 aliphatic rings. The molecule has 0 bridgehead atoms. The van der Waals surface area contributed by atoms with Crippen LogP contribution >= 0.6 is 0 Å². The number of hydrogen-bond acceptors (Lipinski definition) is 1. The molecule has 0 aromatic heterocycles. The Morgan fingerprint density at radius 1 is 1.47 bits per heavy atom. The van der Waals surface area contributed by atoms with Crippen molar-refractivity contribution in [1.82, 2.24) is 0 Å². The van der Waals surface area contributed by atoms with Crippen LogP contribution in [-0.4, -0.2) is 11.1 Å². The highest BCUT2D eigenvalue weighted by atomic mass is 16.4. The fourth-order valence-electron chi connectivity index (χ4n) is 2.63. The van der Waals surface area contributed by atoms with Crippen LogP contribution in [0.15, 0.2) is 24.3 Å². The standard InChI is InChI=1S/C15H20O2/c1-10(2)15(3,14(16)17)9-12-8-11-6-4-5-7-13(11)12/h4-7,10,12H,8-9H2,1-3H3,(H,16,17). The predicted molar refractivity (Wildman–Crippen MR) is 68.1 cm³/mol. The van der Waals surface area contributed by atoms with Gasteiger partial charge in [0.1, 0.15) is 0 Å². The lowest BCUT2D eigenvalue weighted by molar-refractivity contribution is -0.151. The fraction of sp³-hybridized carbons (Fsp3) is 0.533. The monoisotopic (exact) mass is 232 g/mol. The third kappa shape index (κ3) is 1.97. The molecule has 0 fully saturated rings. The Bertz CT molecular complexity index is 436. The lowest BCUT2D eigenvalue weighted by Crippen LogP contribution is -2.37. The van der Waals surface area contributed by atoms with Crippen molar-refractivity contribution in [2.45, 2.75) is 39.5 Å². The second-order valence-electron chi connectivity index (χ2n) is 5.68. The number of hydrogen-bond donors (Lipinski definition) is 1. The van der Waals surface area contributed by atoms with Crippen LogP contribution in [0.5, 0.6) is 0 Å². The molecule has 0 aliphatic heterocycles. The number of fused-ring (bicyclic) bond motifs is 1. The topological polar surface area (TPSA) is 37.3 Å². The Balaban J connectivity index is 2.16. The average Bonchev–Trinajstić information content (AvgIpc) is 2.25. The minimum atomic E-state index is -0.670. The van der Waals surface area contributed by atoms with Crippen LogP contribution in [0.4, 0.5) is 0 Å². The molecule has 2 heteroatoms. The summed E-state index contributed by atoms with van der Waals surface area (Å²) >= 11 is 0. The lowest BCUT2D eigenvalue weighted by Gasteiger charge is -2.38. The third-order valence-electron chi connectivity index (χ3n) is 4.39. The van der Waals surface area contributed by atoms with Crippen LogP contribution in [0.25, 0.3) is 0 Å². The van der Waals surface area contributed by atoms with Crippen LogP contribution < -0.4 is 0 Å². The molecule has 0 heterocycles. The van der Waals surface area contributed by atoms with Crippen LogP contribution in [0.1, 0.15) is 44.2 Å². The molecule has 0 amide bonds. The van der Waals surface area contributed by atoms with Gasteiger partial charge in [-0.05, 0) is 42.7 Å². The number of carbonyl (C=O) groups is 1. The highest BCUT2D eigenvalue weighted by Gasteiger charge is 2.41. The quantitative estimate of drug-likeness (QED) is 0.863. The summed E-state index contributed by atoms with van der Waals surface area (Å²) in [6.45, 7) is 5.87. The van der Waals surface area contributed by atoms with Gasteiger partial charge in [-0.25, -0.2) is 0 Å². The maximum atomic E-state index is 11.5. The summed E-state index contributed by atoms with van der Waals surface area (Å²) in [7, 11) is 0. The lowest BCUT2D eigenvalue weighted by atomic mass is 9.65. The van der Waals surface area contributed by atoms with Gasteiger partial charge in [-0.3, -0.25) is 4.79 Å². The molecule has 0 saturated carbocycles. The van der Waals surface area contributed by atoms with Crippen molar-refractivity contribution < 1.29 is 9.90 Å². The van der Waals surface area contributed by atoms with Gasteiger partial charge < -0.3 is 5.11 Å².